The molecule has 1 aliphatic heterocycles. The largest absolute Gasteiger partial charge is 0.338 e. The monoisotopic (exact) mass is 438 g/mol. The number of nitrogens with zero attached hydrogens (tertiary/aromatic N) is 2. The minimum Gasteiger partial charge on any atom is -0.338 e. The summed E-state index contributed by atoms with van der Waals surface area (Å²) in [5, 5.41) is 5.77. The first-order valence-electron chi connectivity index (χ1n) is 12.3. The lowest BCUT2D eigenvalue weighted by Gasteiger charge is -2.29. The van der Waals surface area contributed by atoms with Crippen LogP contribution in [0.1, 0.15) is 55.8 Å². The summed E-state index contributed by atoms with van der Waals surface area (Å²) >= 11 is 0. The van der Waals surface area contributed by atoms with Gasteiger partial charge in [0.05, 0.1) is 22.9 Å². The van der Waals surface area contributed by atoms with Crippen molar-refractivity contribution in [2.45, 2.75) is 51.6 Å². The third kappa shape index (κ3) is 3.61. The number of hydrogen-bond acceptors (Lipinski definition) is 3. The molecule has 1 amide bonds. The van der Waals surface area contributed by atoms with Crippen molar-refractivity contribution < 1.29 is 4.79 Å². The standard InChI is InChI=1S/C28H30N4O/c1-2-25(29-17-6-5-8-18-13-14-18)32-24-16-15-20(19-9-7-10-21(26(19)24)28(32)33)27-30-22-11-3-4-12-23(22)31-27/h3-4,7,9-12,15-16,18,25,29H,2,5-6,8,13-14,17H2,1H3,(H,30,31). The molecule has 1 saturated carbocycles. The first kappa shape index (κ1) is 20.4. The lowest BCUT2D eigenvalue weighted by molar-refractivity contribution is 0.0977. The fourth-order valence-corrected chi connectivity index (χ4v) is 5.25. The Bertz CT molecular complexity index is 1300. The third-order valence-electron chi connectivity index (χ3n) is 7.19. The Morgan fingerprint density at radius 3 is 2.76 bits per heavy atom. The van der Waals surface area contributed by atoms with Gasteiger partial charge in [0.15, 0.2) is 0 Å². The molecule has 33 heavy (non-hydrogen) atoms. The van der Waals surface area contributed by atoms with Gasteiger partial charge in [-0.3, -0.25) is 15.0 Å². The number of amides is 1. The Labute approximate surface area is 194 Å². The fourth-order valence-electron chi connectivity index (χ4n) is 5.25. The molecule has 2 heterocycles. The Morgan fingerprint density at radius 1 is 1.06 bits per heavy atom. The topological polar surface area (TPSA) is 61.0 Å². The maximum absolute atomic E-state index is 13.5. The van der Waals surface area contributed by atoms with Crippen molar-refractivity contribution in [3.63, 3.8) is 0 Å². The van der Waals surface area contributed by atoms with E-state index < -0.39 is 0 Å². The van der Waals surface area contributed by atoms with E-state index in [0.29, 0.717) is 0 Å². The highest BCUT2D eigenvalue weighted by Gasteiger charge is 2.34. The molecule has 3 aromatic carbocycles. The number of nitrogens with one attached hydrogen (secondary N) is 2. The van der Waals surface area contributed by atoms with E-state index in [1.807, 2.05) is 41.3 Å². The van der Waals surface area contributed by atoms with Crippen LogP contribution in [0.5, 0.6) is 0 Å². The second-order valence-corrected chi connectivity index (χ2v) is 9.46. The highest BCUT2D eigenvalue weighted by atomic mass is 16.2. The van der Waals surface area contributed by atoms with Gasteiger partial charge in [0, 0.05) is 16.5 Å². The molecule has 0 bridgehead atoms. The molecule has 1 fully saturated rings. The molecule has 6 rings (SSSR count). The van der Waals surface area contributed by atoms with Crippen molar-refractivity contribution in [2.75, 3.05) is 11.4 Å². The summed E-state index contributed by atoms with van der Waals surface area (Å²) in [5.74, 6) is 1.92. The molecule has 2 N–H and O–H groups in total. The molecular weight excluding hydrogens is 408 g/mol. The summed E-state index contributed by atoms with van der Waals surface area (Å²) in [5.41, 5.74) is 4.79. The van der Waals surface area contributed by atoms with Crippen LogP contribution in [-0.4, -0.2) is 28.6 Å². The summed E-state index contributed by atoms with van der Waals surface area (Å²) in [7, 11) is 0. The van der Waals surface area contributed by atoms with E-state index in [1.54, 1.807) is 0 Å². The molecule has 1 aromatic heterocycles. The number of carbonyl (C=O) groups excluding carboxylic acids is 1. The van der Waals surface area contributed by atoms with Crippen molar-refractivity contribution in [3.8, 4) is 11.4 Å². The number of H-pyrrole nitrogens is 1. The SMILES string of the molecule is CCC(NCCCCC1CC1)N1C(=O)c2cccc3c(-c4nc5ccccc5[nH]4)ccc1c23. The minimum absolute atomic E-state index is 0.00563. The molecule has 0 spiro atoms. The molecule has 168 valence electrons. The van der Waals surface area contributed by atoms with Crippen LogP contribution in [0.4, 0.5) is 5.69 Å². The van der Waals surface area contributed by atoms with E-state index >= 15 is 0 Å². The van der Waals surface area contributed by atoms with Crippen molar-refractivity contribution in [1.29, 1.82) is 0 Å². The number of aromatic amines is 1. The lowest BCUT2D eigenvalue weighted by Crippen LogP contribution is -2.47. The van der Waals surface area contributed by atoms with Gasteiger partial charge < -0.3 is 4.98 Å². The van der Waals surface area contributed by atoms with Crippen LogP contribution in [0.3, 0.4) is 0 Å². The predicted octanol–water partition coefficient (Wildman–Crippen LogP) is 6.25. The van der Waals surface area contributed by atoms with Crippen LogP contribution < -0.4 is 10.2 Å². The van der Waals surface area contributed by atoms with Gasteiger partial charge in [-0.1, -0.05) is 56.9 Å². The second kappa shape index (κ2) is 8.31. The van der Waals surface area contributed by atoms with Crippen molar-refractivity contribution >= 4 is 33.4 Å². The number of para-hydroxylation sites is 2. The molecule has 5 nitrogen and oxygen atoms in total. The van der Waals surface area contributed by atoms with Gasteiger partial charge >= 0.3 is 0 Å². The zero-order valence-corrected chi connectivity index (χ0v) is 19.1. The van der Waals surface area contributed by atoms with E-state index in [-0.39, 0.29) is 12.1 Å². The van der Waals surface area contributed by atoms with Crippen LogP contribution in [0.2, 0.25) is 0 Å². The first-order chi connectivity index (χ1) is 16.2. The maximum Gasteiger partial charge on any atom is 0.260 e. The number of benzene rings is 3. The quantitative estimate of drug-likeness (QED) is 0.304. The average molecular weight is 439 g/mol. The Hall–Kier alpha value is -3.18. The van der Waals surface area contributed by atoms with Gasteiger partial charge in [0.2, 0.25) is 0 Å². The van der Waals surface area contributed by atoms with Crippen molar-refractivity contribution in [1.82, 2.24) is 15.3 Å². The van der Waals surface area contributed by atoms with Crippen molar-refractivity contribution in [2.24, 2.45) is 5.92 Å². The summed E-state index contributed by atoms with van der Waals surface area (Å²) in [6, 6.07) is 18.3. The van der Waals surface area contributed by atoms with E-state index in [9.17, 15) is 4.79 Å². The van der Waals surface area contributed by atoms with Gasteiger partial charge in [-0.2, -0.15) is 0 Å². The molecule has 1 aliphatic carbocycles. The van der Waals surface area contributed by atoms with Gasteiger partial charge in [-0.25, -0.2) is 4.98 Å². The molecule has 1 atom stereocenters. The summed E-state index contributed by atoms with van der Waals surface area (Å²) < 4.78 is 0. The predicted molar refractivity (Wildman–Crippen MR) is 135 cm³/mol. The summed E-state index contributed by atoms with van der Waals surface area (Å²) in [4.78, 5) is 23.7. The number of rotatable bonds is 9. The number of fused-ring (bicyclic) bond motifs is 1. The molecule has 1 unspecified atom stereocenters. The third-order valence-corrected chi connectivity index (χ3v) is 7.19. The Morgan fingerprint density at radius 2 is 1.94 bits per heavy atom. The Balaban J connectivity index is 1.32. The van der Waals surface area contributed by atoms with Gasteiger partial charge in [0.25, 0.3) is 5.91 Å². The van der Waals surface area contributed by atoms with Crippen LogP contribution in [0.15, 0.2) is 54.6 Å². The van der Waals surface area contributed by atoms with Gasteiger partial charge in [0.1, 0.15) is 5.82 Å². The number of imidazole rings is 1. The van der Waals surface area contributed by atoms with E-state index in [4.69, 9.17) is 4.98 Å². The van der Waals surface area contributed by atoms with Crippen molar-refractivity contribution in [3.05, 3.63) is 60.2 Å². The van der Waals surface area contributed by atoms with Gasteiger partial charge in [-0.05, 0) is 61.0 Å². The van der Waals surface area contributed by atoms with Crippen LogP contribution >= 0.6 is 0 Å². The normalized spacial score (nSPS) is 16.3. The smallest absolute Gasteiger partial charge is 0.260 e. The second-order valence-electron chi connectivity index (χ2n) is 9.46. The highest BCUT2D eigenvalue weighted by Crippen LogP contribution is 2.42. The lowest BCUT2D eigenvalue weighted by atomic mass is 10.00. The average Bonchev–Trinajstić information content (AvgIpc) is 3.50. The van der Waals surface area contributed by atoms with E-state index in [1.165, 1.54) is 32.1 Å². The van der Waals surface area contributed by atoms with E-state index in [0.717, 1.165) is 63.3 Å². The molecule has 4 aromatic rings. The van der Waals surface area contributed by atoms with Gasteiger partial charge in [-0.15, -0.1) is 0 Å². The minimum atomic E-state index is 0.00563. The molecular formula is C28H30N4O. The summed E-state index contributed by atoms with van der Waals surface area (Å²) in [6.07, 6.45) is 7.52. The molecule has 2 aliphatic rings. The Kier molecular flexibility index (Phi) is 5.14. The van der Waals surface area contributed by atoms with Crippen LogP contribution in [-0.2, 0) is 0 Å². The van der Waals surface area contributed by atoms with Crippen LogP contribution in [0, 0.1) is 5.92 Å². The first-order valence-corrected chi connectivity index (χ1v) is 12.3. The summed E-state index contributed by atoms with van der Waals surface area (Å²) in [6.45, 7) is 3.10. The molecule has 5 heteroatoms. The number of hydrogen-bond donors (Lipinski definition) is 2. The number of anilines is 1. The number of carbonyl (C=O) groups is 1. The fraction of sp³-hybridized carbons (Fsp3) is 0.357. The van der Waals surface area contributed by atoms with E-state index in [2.05, 4.69) is 35.4 Å². The number of unbranched alkanes of at least 4 members (excludes halogenated alkanes) is 1. The maximum atomic E-state index is 13.5. The molecule has 0 radical (unpaired) electrons. The molecule has 0 saturated heterocycles. The van der Waals surface area contributed by atoms with Crippen LogP contribution in [0.25, 0.3) is 33.2 Å². The zero-order chi connectivity index (χ0) is 22.4. The highest BCUT2D eigenvalue weighted by molar-refractivity contribution is 6.26. The number of aromatic nitrogens is 2. The zero-order valence-electron chi connectivity index (χ0n) is 19.1.